The number of hydrogen-bond donors (Lipinski definition) is 1. The van der Waals surface area contributed by atoms with Crippen molar-refractivity contribution in [2.45, 2.75) is 0 Å². The van der Waals surface area contributed by atoms with E-state index in [-0.39, 0.29) is 22.6 Å². The third-order valence-corrected chi connectivity index (χ3v) is 4.40. The summed E-state index contributed by atoms with van der Waals surface area (Å²) in [6.45, 7) is 0. The van der Waals surface area contributed by atoms with E-state index in [0.717, 1.165) is 29.5 Å². The number of carbonyl (C=O) groups is 1. The topological polar surface area (TPSA) is 120 Å². The second kappa shape index (κ2) is 7.04. The van der Waals surface area contributed by atoms with E-state index in [0.29, 0.717) is 11.3 Å². The lowest BCUT2D eigenvalue weighted by molar-refractivity contribution is -0.384. The van der Waals surface area contributed by atoms with Gasteiger partial charge in [0.05, 0.1) is 28.9 Å². The molecule has 4 rings (SSSR count). The molecule has 0 atom stereocenters. The van der Waals surface area contributed by atoms with Crippen molar-refractivity contribution in [2.24, 2.45) is 0 Å². The average Bonchev–Trinajstić information content (AvgIpc) is 3.17. The van der Waals surface area contributed by atoms with Crippen LogP contribution in [-0.4, -0.2) is 37.5 Å². The Morgan fingerprint density at radius 2 is 1.93 bits per heavy atom. The zero-order chi connectivity index (χ0) is 20.5. The van der Waals surface area contributed by atoms with Crippen molar-refractivity contribution in [1.29, 1.82) is 0 Å². The first-order valence-electron chi connectivity index (χ1n) is 8.48. The molecule has 0 unspecified atom stereocenters. The number of ether oxygens (including phenoxy) is 1. The first-order valence-corrected chi connectivity index (χ1v) is 8.48. The van der Waals surface area contributed by atoms with Gasteiger partial charge in [0.1, 0.15) is 11.5 Å². The summed E-state index contributed by atoms with van der Waals surface area (Å²) in [6.07, 6.45) is 2.81. The molecule has 2 heterocycles. The lowest BCUT2D eigenvalue weighted by atomic mass is 10.0. The van der Waals surface area contributed by atoms with Gasteiger partial charge in [-0.2, -0.15) is 5.10 Å². The minimum atomic E-state index is -0.633. The molecular formula is C20H14N4O5. The number of phenolic OH excluding ortho intramolecular Hbond substituents is 1. The van der Waals surface area contributed by atoms with Gasteiger partial charge < -0.3 is 9.84 Å². The van der Waals surface area contributed by atoms with E-state index in [4.69, 9.17) is 4.74 Å². The molecule has 0 bridgehead atoms. The number of nitrogens with zero attached hydrogens (tertiary/aromatic N) is 4. The highest BCUT2D eigenvalue weighted by atomic mass is 16.6. The molecule has 4 aromatic rings. The lowest BCUT2D eigenvalue weighted by Gasteiger charge is -2.04. The molecule has 0 saturated carbocycles. The Kier molecular flexibility index (Phi) is 4.40. The molecule has 9 nitrogen and oxygen atoms in total. The maximum atomic E-state index is 12.8. The van der Waals surface area contributed by atoms with Crippen molar-refractivity contribution in [3.63, 3.8) is 0 Å². The summed E-state index contributed by atoms with van der Waals surface area (Å²) < 4.78 is 6.59. The fourth-order valence-electron chi connectivity index (χ4n) is 2.87. The Morgan fingerprint density at radius 1 is 1.17 bits per heavy atom. The van der Waals surface area contributed by atoms with Crippen LogP contribution in [0.3, 0.4) is 0 Å². The van der Waals surface area contributed by atoms with Crippen molar-refractivity contribution in [3.05, 3.63) is 82.2 Å². The molecule has 2 aromatic heterocycles. The summed E-state index contributed by atoms with van der Waals surface area (Å²) in [5.41, 5.74) is 1.70. The van der Waals surface area contributed by atoms with Gasteiger partial charge in [0, 0.05) is 36.2 Å². The Hall–Kier alpha value is -4.27. The number of rotatable bonds is 5. The van der Waals surface area contributed by atoms with Gasteiger partial charge in [-0.25, -0.2) is 9.50 Å². The number of nitro groups is 1. The van der Waals surface area contributed by atoms with Crippen molar-refractivity contribution >= 4 is 17.1 Å². The summed E-state index contributed by atoms with van der Waals surface area (Å²) in [5.74, 6) is -0.220. The Labute approximate surface area is 164 Å². The summed E-state index contributed by atoms with van der Waals surface area (Å²) in [5, 5.41) is 25.3. The molecular weight excluding hydrogens is 376 g/mol. The van der Waals surface area contributed by atoms with E-state index in [1.54, 1.807) is 13.2 Å². The van der Waals surface area contributed by atoms with Crippen molar-refractivity contribution in [2.75, 3.05) is 7.11 Å². The van der Waals surface area contributed by atoms with Crippen LogP contribution >= 0.6 is 0 Å². The first kappa shape index (κ1) is 18.1. The summed E-state index contributed by atoms with van der Waals surface area (Å²) in [4.78, 5) is 27.3. The van der Waals surface area contributed by atoms with Gasteiger partial charge in [0.2, 0.25) is 0 Å². The van der Waals surface area contributed by atoms with Crippen LogP contribution < -0.4 is 4.74 Å². The predicted octanol–water partition coefficient (Wildman–Crippen LogP) is 3.25. The summed E-state index contributed by atoms with van der Waals surface area (Å²) in [7, 11) is 1.58. The monoisotopic (exact) mass is 390 g/mol. The van der Waals surface area contributed by atoms with E-state index in [2.05, 4.69) is 10.1 Å². The summed E-state index contributed by atoms with van der Waals surface area (Å²) in [6, 6.07) is 12.4. The smallest absolute Gasteiger partial charge is 0.270 e. The van der Waals surface area contributed by atoms with Gasteiger partial charge in [0.15, 0.2) is 11.4 Å². The number of aromatic hydroxyl groups is 1. The predicted molar refractivity (Wildman–Crippen MR) is 103 cm³/mol. The van der Waals surface area contributed by atoms with E-state index in [1.165, 1.54) is 16.9 Å². The molecule has 29 heavy (non-hydrogen) atoms. The van der Waals surface area contributed by atoms with E-state index in [1.807, 2.05) is 24.3 Å². The van der Waals surface area contributed by atoms with Crippen LogP contribution in [-0.2, 0) is 0 Å². The Balaban J connectivity index is 1.71. The first-order chi connectivity index (χ1) is 14.0. The molecule has 0 saturated heterocycles. The average molecular weight is 390 g/mol. The second-order valence-corrected chi connectivity index (χ2v) is 6.19. The van der Waals surface area contributed by atoms with Crippen LogP contribution in [0.25, 0.3) is 16.9 Å². The maximum absolute atomic E-state index is 12.8. The van der Waals surface area contributed by atoms with Crippen LogP contribution in [0.5, 0.6) is 11.5 Å². The molecule has 0 aliphatic heterocycles. The largest absolute Gasteiger partial charge is 0.507 e. The van der Waals surface area contributed by atoms with Crippen molar-refractivity contribution in [1.82, 2.24) is 14.6 Å². The lowest BCUT2D eigenvalue weighted by Crippen LogP contribution is -2.05. The standard InChI is InChI=1S/C20H14N4O5/c1-29-15-5-2-12(3-6-15)17-9-19-21-10-13(11-23(19)22-17)20(26)16-8-14(24(27)28)4-7-18(16)25/h2-11,25H,1H3. The highest BCUT2D eigenvalue weighted by Crippen LogP contribution is 2.26. The number of hydrogen-bond acceptors (Lipinski definition) is 7. The second-order valence-electron chi connectivity index (χ2n) is 6.19. The number of methoxy groups -OCH3 is 1. The zero-order valence-electron chi connectivity index (χ0n) is 15.1. The van der Waals surface area contributed by atoms with Crippen LogP contribution in [0.15, 0.2) is 60.9 Å². The number of carbonyl (C=O) groups excluding carboxylic acids is 1. The highest BCUT2D eigenvalue weighted by Gasteiger charge is 2.19. The highest BCUT2D eigenvalue weighted by molar-refractivity contribution is 6.10. The van der Waals surface area contributed by atoms with E-state index < -0.39 is 10.7 Å². The molecule has 2 aromatic carbocycles. The van der Waals surface area contributed by atoms with Gasteiger partial charge in [-0.3, -0.25) is 14.9 Å². The SMILES string of the molecule is COc1ccc(-c2cc3ncc(C(=O)c4cc([N+](=O)[O-])ccc4O)cn3n2)cc1. The number of benzene rings is 2. The van der Waals surface area contributed by atoms with E-state index >= 15 is 0 Å². The van der Waals surface area contributed by atoms with Crippen molar-refractivity contribution in [3.8, 4) is 22.8 Å². The number of phenols is 1. The van der Waals surface area contributed by atoms with Gasteiger partial charge >= 0.3 is 0 Å². The maximum Gasteiger partial charge on any atom is 0.270 e. The van der Waals surface area contributed by atoms with Crippen LogP contribution in [0.1, 0.15) is 15.9 Å². The van der Waals surface area contributed by atoms with Crippen LogP contribution in [0.4, 0.5) is 5.69 Å². The van der Waals surface area contributed by atoms with Gasteiger partial charge in [-0.15, -0.1) is 0 Å². The molecule has 144 valence electrons. The normalized spacial score (nSPS) is 10.8. The number of ketones is 1. The molecule has 0 aliphatic rings. The number of aromatic nitrogens is 3. The molecule has 0 amide bonds. The quantitative estimate of drug-likeness (QED) is 0.315. The minimum Gasteiger partial charge on any atom is -0.507 e. The van der Waals surface area contributed by atoms with Crippen molar-refractivity contribution < 1.29 is 19.6 Å². The van der Waals surface area contributed by atoms with Gasteiger partial charge in [-0.05, 0) is 30.3 Å². The minimum absolute atomic E-state index is 0.137. The van der Waals surface area contributed by atoms with Crippen LogP contribution in [0.2, 0.25) is 0 Å². The van der Waals surface area contributed by atoms with Gasteiger partial charge in [-0.1, -0.05) is 0 Å². The van der Waals surface area contributed by atoms with Gasteiger partial charge in [0.25, 0.3) is 5.69 Å². The molecule has 0 fully saturated rings. The fourth-order valence-corrected chi connectivity index (χ4v) is 2.87. The fraction of sp³-hybridized carbons (Fsp3) is 0.0500. The van der Waals surface area contributed by atoms with E-state index in [9.17, 15) is 20.0 Å². The summed E-state index contributed by atoms with van der Waals surface area (Å²) >= 11 is 0. The zero-order valence-corrected chi connectivity index (χ0v) is 15.1. The molecule has 0 spiro atoms. The Bertz CT molecular complexity index is 1250. The number of fused-ring (bicyclic) bond motifs is 1. The molecule has 1 N–H and O–H groups in total. The number of non-ortho nitro benzene ring substituents is 1. The third kappa shape index (κ3) is 3.36. The molecule has 9 heteroatoms. The molecule has 0 aliphatic carbocycles. The van der Waals surface area contributed by atoms with Crippen LogP contribution in [0, 0.1) is 10.1 Å². The Morgan fingerprint density at radius 3 is 2.62 bits per heavy atom. The molecule has 0 radical (unpaired) electrons. The third-order valence-electron chi connectivity index (χ3n) is 4.40. The number of nitro benzene ring substituents is 1.